The summed E-state index contributed by atoms with van der Waals surface area (Å²) < 4.78 is 12.6. The Hall–Kier alpha value is -1.47. The van der Waals surface area contributed by atoms with Gasteiger partial charge in [0.05, 0.1) is 11.8 Å². The molecule has 1 N–H and O–H groups in total. The van der Waals surface area contributed by atoms with E-state index in [1.54, 1.807) is 19.1 Å². The number of benzene rings is 1. The molecule has 1 amide bonds. The molecule has 0 bridgehead atoms. The zero-order valence-electron chi connectivity index (χ0n) is 8.87. The summed E-state index contributed by atoms with van der Waals surface area (Å²) in [6.45, 7) is 2.01. The highest BCUT2D eigenvalue weighted by atomic mass is 32.2. The van der Waals surface area contributed by atoms with Crippen molar-refractivity contribution >= 4 is 17.7 Å². The Kier molecular flexibility index (Phi) is 4.87. The maximum atomic E-state index is 12.6. The molecule has 1 atom stereocenters. The van der Waals surface area contributed by atoms with Crippen LogP contribution in [0.25, 0.3) is 0 Å². The van der Waals surface area contributed by atoms with Crippen LogP contribution in [0.2, 0.25) is 0 Å². The largest absolute Gasteiger partial charge is 0.344 e. The third kappa shape index (κ3) is 3.95. The van der Waals surface area contributed by atoms with Crippen LogP contribution >= 0.6 is 11.8 Å². The monoisotopic (exact) mass is 237 g/mol. The second-order valence-electron chi connectivity index (χ2n) is 3.14. The predicted molar refractivity (Wildman–Crippen MR) is 63.6 cm³/mol. The second-order valence-corrected chi connectivity index (χ2v) is 4.55. The topological polar surface area (TPSA) is 29.1 Å². The summed E-state index contributed by atoms with van der Waals surface area (Å²) in [6, 6.07) is 6.03. The highest BCUT2D eigenvalue weighted by molar-refractivity contribution is 8.00. The van der Waals surface area contributed by atoms with Gasteiger partial charge in [0.25, 0.3) is 0 Å². The minimum atomic E-state index is -0.284. The number of nitrogens with one attached hydrogen (secondary N) is 1. The van der Waals surface area contributed by atoms with E-state index in [0.717, 1.165) is 4.90 Å². The van der Waals surface area contributed by atoms with Gasteiger partial charge in [0.15, 0.2) is 0 Å². The Balaban J connectivity index is 2.51. The first-order valence-electron chi connectivity index (χ1n) is 4.77. The third-order valence-electron chi connectivity index (χ3n) is 1.86. The lowest BCUT2D eigenvalue weighted by molar-refractivity contribution is -0.120. The molecular formula is C12H12FNOS. The normalized spacial score (nSPS) is 11.6. The van der Waals surface area contributed by atoms with Gasteiger partial charge in [-0.25, -0.2) is 4.39 Å². The van der Waals surface area contributed by atoms with Crippen LogP contribution in [0.1, 0.15) is 6.92 Å². The number of hydrogen-bond acceptors (Lipinski definition) is 2. The molecular weight excluding hydrogens is 225 g/mol. The molecule has 1 aromatic carbocycles. The molecule has 1 rings (SSSR count). The van der Waals surface area contributed by atoms with Gasteiger partial charge < -0.3 is 5.32 Å². The van der Waals surface area contributed by atoms with Crippen molar-refractivity contribution in [3.05, 3.63) is 30.1 Å². The summed E-state index contributed by atoms with van der Waals surface area (Å²) in [5.41, 5.74) is 0. The molecule has 2 nitrogen and oxygen atoms in total. The summed E-state index contributed by atoms with van der Waals surface area (Å²) in [4.78, 5) is 12.3. The maximum Gasteiger partial charge on any atom is 0.233 e. The Labute approximate surface area is 98.6 Å². The van der Waals surface area contributed by atoms with Crippen molar-refractivity contribution in [1.29, 1.82) is 0 Å². The van der Waals surface area contributed by atoms with Crippen molar-refractivity contribution in [2.75, 3.05) is 6.54 Å². The van der Waals surface area contributed by atoms with E-state index in [-0.39, 0.29) is 23.5 Å². The van der Waals surface area contributed by atoms with Crippen LogP contribution in [-0.4, -0.2) is 17.7 Å². The zero-order valence-corrected chi connectivity index (χ0v) is 9.68. The van der Waals surface area contributed by atoms with Gasteiger partial charge >= 0.3 is 0 Å². The molecule has 0 saturated carbocycles. The molecule has 0 fully saturated rings. The third-order valence-corrected chi connectivity index (χ3v) is 2.97. The van der Waals surface area contributed by atoms with Crippen molar-refractivity contribution in [2.24, 2.45) is 0 Å². The average Bonchev–Trinajstić information content (AvgIpc) is 2.29. The summed E-state index contributed by atoms with van der Waals surface area (Å²) in [5, 5.41) is 2.34. The van der Waals surface area contributed by atoms with E-state index < -0.39 is 0 Å². The van der Waals surface area contributed by atoms with E-state index >= 15 is 0 Å². The summed E-state index contributed by atoms with van der Waals surface area (Å²) >= 11 is 1.36. The predicted octanol–water partition coefficient (Wildman–Crippen LogP) is 2.06. The molecule has 16 heavy (non-hydrogen) atoms. The van der Waals surface area contributed by atoms with E-state index in [0.29, 0.717) is 0 Å². The number of halogens is 1. The average molecular weight is 237 g/mol. The minimum absolute atomic E-state index is 0.118. The quantitative estimate of drug-likeness (QED) is 0.641. The van der Waals surface area contributed by atoms with Crippen LogP contribution in [0.3, 0.4) is 0 Å². The molecule has 0 spiro atoms. The number of terminal acetylenes is 1. The van der Waals surface area contributed by atoms with Gasteiger partial charge in [0.1, 0.15) is 5.82 Å². The van der Waals surface area contributed by atoms with Crippen LogP contribution in [0, 0.1) is 18.2 Å². The van der Waals surface area contributed by atoms with Crippen molar-refractivity contribution in [2.45, 2.75) is 17.1 Å². The SMILES string of the molecule is C#CCNC(=O)C(C)Sc1ccc(F)cc1. The van der Waals surface area contributed by atoms with E-state index in [2.05, 4.69) is 11.2 Å². The van der Waals surface area contributed by atoms with Gasteiger partial charge in [0, 0.05) is 4.90 Å². The molecule has 1 aromatic rings. The van der Waals surface area contributed by atoms with Crippen LogP contribution in [-0.2, 0) is 4.79 Å². The molecule has 0 radical (unpaired) electrons. The lowest BCUT2D eigenvalue weighted by Gasteiger charge is -2.10. The molecule has 0 aliphatic heterocycles. The fraction of sp³-hybridized carbons (Fsp3) is 0.250. The van der Waals surface area contributed by atoms with Gasteiger partial charge in [-0.1, -0.05) is 5.92 Å². The Bertz CT molecular complexity index is 396. The van der Waals surface area contributed by atoms with Crippen LogP contribution < -0.4 is 5.32 Å². The van der Waals surface area contributed by atoms with E-state index in [9.17, 15) is 9.18 Å². The summed E-state index contributed by atoms with van der Waals surface area (Å²) in [5.74, 6) is 1.93. The van der Waals surface area contributed by atoms with Gasteiger partial charge in [-0.15, -0.1) is 18.2 Å². The number of thioether (sulfide) groups is 1. The van der Waals surface area contributed by atoms with Crippen molar-refractivity contribution in [1.82, 2.24) is 5.32 Å². The molecule has 4 heteroatoms. The van der Waals surface area contributed by atoms with Crippen LogP contribution in [0.5, 0.6) is 0 Å². The van der Waals surface area contributed by atoms with E-state index in [1.165, 1.54) is 23.9 Å². The molecule has 1 unspecified atom stereocenters. The van der Waals surface area contributed by atoms with E-state index in [4.69, 9.17) is 6.42 Å². The number of rotatable bonds is 4. The first kappa shape index (κ1) is 12.6. The first-order chi connectivity index (χ1) is 7.63. The van der Waals surface area contributed by atoms with Gasteiger partial charge in [-0.3, -0.25) is 4.79 Å². The highest BCUT2D eigenvalue weighted by Gasteiger charge is 2.13. The van der Waals surface area contributed by atoms with Crippen molar-refractivity contribution < 1.29 is 9.18 Å². The number of amides is 1. The first-order valence-corrected chi connectivity index (χ1v) is 5.65. The smallest absolute Gasteiger partial charge is 0.233 e. The molecule has 0 aromatic heterocycles. The van der Waals surface area contributed by atoms with Crippen LogP contribution in [0.15, 0.2) is 29.2 Å². The molecule has 0 aliphatic carbocycles. The Morgan fingerprint density at radius 3 is 2.75 bits per heavy atom. The maximum absolute atomic E-state index is 12.6. The fourth-order valence-corrected chi connectivity index (χ4v) is 1.94. The standard InChI is InChI=1S/C12H12FNOS/c1-3-8-14-12(15)9(2)16-11-6-4-10(13)5-7-11/h1,4-7,9H,8H2,2H3,(H,14,15). The molecule has 84 valence electrons. The molecule has 0 saturated heterocycles. The second kappa shape index (κ2) is 6.19. The lowest BCUT2D eigenvalue weighted by atomic mass is 10.3. The molecule has 0 heterocycles. The lowest BCUT2D eigenvalue weighted by Crippen LogP contribution is -2.30. The minimum Gasteiger partial charge on any atom is -0.344 e. The Morgan fingerprint density at radius 2 is 2.19 bits per heavy atom. The Morgan fingerprint density at radius 1 is 1.56 bits per heavy atom. The zero-order chi connectivity index (χ0) is 12.0. The number of carbonyl (C=O) groups excluding carboxylic acids is 1. The molecule has 0 aliphatic rings. The summed E-state index contributed by atoms with van der Waals surface area (Å²) in [7, 11) is 0. The van der Waals surface area contributed by atoms with Crippen molar-refractivity contribution in [3.63, 3.8) is 0 Å². The van der Waals surface area contributed by atoms with Gasteiger partial charge in [-0.2, -0.15) is 0 Å². The summed E-state index contributed by atoms with van der Waals surface area (Å²) in [6.07, 6.45) is 5.03. The van der Waals surface area contributed by atoms with Gasteiger partial charge in [0.2, 0.25) is 5.91 Å². The van der Waals surface area contributed by atoms with Gasteiger partial charge in [-0.05, 0) is 31.2 Å². The fourth-order valence-electron chi connectivity index (χ4n) is 1.05. The number of hydrogen-bond donors (Lipinski definition) is 1. The number of carbonyl (C=O) groups is 1. The van der Waals surface area contributed by atoms with Crippen LogP contribution in [0.4, 0.5) is 4.39 Å². The van der Waals surface area contributed by atoms with Crippen molar-refractivity contribution in [3.8, 4) is 12.3 Å². The highest BCUT2D eigenvalue weighted by Crippen LogP contribution is 2.23. The van der Waals surface area contributed by atoms with E-state index in [1.807, 2.05) is 0 Å².